The van der Waals surface area contributed by atoms with E-state index in [4.69, 9.17) is 14.2 Å². The number of carbonyl (C=O) groups is 3. The van der Waals surface area contributed by atoms with Crippen LogP contribution in [0.2, 0.25) is 0 Å². The van der Waals surface area contributed by atoms with Crippen molar-refractivity contribution in [2.75, 3.05) is 13.2 Å². The molecule has 2 aromatic rings. The van der Waals surface area contributed by atoms with Crippen molar-refractivity contribution in [3.63, 3.8) is 0 Å². The van der Waals surface area contributed by atoms with E-state index in [0.29, 0.717) is 17.1 Å². The van der Waals surface area contributed by atoms with E-state index in [1.807, 2.05) is 0 Å². The Bertz CT molecular complexity index is 929. The van der Waals surface area contributed by atoms with E-state index >= 15 is 0 Å². The minimum atomic E-state index is -0.939. The maximum atomic E-state index is 12.8. The Morgan fingerprint density at radius 1 is 1.07 bits per heavy atom. The third-order valence-electron chi connectivity index (χ3n) is 3.75. The number of ether oxygens (including phenoxy) is 3. The molecular weight excluding hydrogens is 383 g/mol. The molecule has 0 bridgehead atoms. The summed E-state index contributed by atoms with van der Waals surface area (Å²) in [6, 6.07) is 12.4. The summed E-state index contributed by atoms with van der Waals surface area (Å²) < 4.78 is 28.5. The first-order valence-electron chi connectivity index (χ1n) is 8.59. The molecule has 0 unspecified atom stereocenters. The van der Waals surface area contributed by atoms with E-state index in [0.717, 1.165) is 6.08 Å². The molecule has 1 aliphatic heterocycles. The average molecular weight is 400 g/mol. The maximum Gasteiger partial charge on any atom is 0.331 e. The lowest BCUT2D eigenvalue weighted by Crippen LogP contribution is -2.51. The van der Waals surface area contributed by atoms with Crippen LogP contribution in [-0.4, -0.2) is 37.1 Å². The maximum absolute atomic E-state index is 12.8. The predicted molar refractivity (Wildman–Crippen MR) is 99.0 cm³/mol. The van der Waals surface area contributed by atoms with Crippen molar-refractivity contribution in [1.29, 1.82) is 0 Å². The number of carbonyl (C=O) groups excluding carboxylic acids is 3. The van der Waals surface area contributed by atoms with Crippen LogP contribution in [0.15, 0.2) is 54.6 Å². The zero-order chi connectivity index (χ0) is 20.6. The van der Waals surface area contributed by atoms with E-state index < -0.39 is 36.3 Å². The summed E-state index contributed by atoms with van der Waals surface area (Å²) in [6.45, 7) is -0.611. The number of hydrogen-bond acceptors (Lipinski definition) is 6. The van der Waals surface area contributed by atoms with Gasteiger partial charge in [0.05, 0.1) is 0 Å². The van der Waals surface area contributed by atoms with Gasteiger partial charge in [0.2, 0.25) is 6.10 Å². The molecular formula is C20H17FN2O6. The molecule has 2 N–H and O–H groups in total. The molecule has 0 saturated carbocycles. The van der Waals surface area contributed by atoms with Gasteiger partial charge in [-0.05, 0) is 35.9 Å². The van der Waals surface area contributed by atoms with Crippen molar-refractivity contribution < 1.29 is 33.0 Å². The number of hydrazine groups is 1. The van der Waals surface area contributed by atoms with Gasteiger partial charge in [-0.1, -0.05) is 24.3 Å². The number of rotatable bonds is 5. The molecule has 1 heterocycles. The van der Waals surface area contributed by atoms with Crippen LogP contribution < -0.4 is 20.3 Å². The zero-order valence-electron chi connectivity index (χ0n) is 15.1. The molecule has 2 amide bonds. The first-order chi connectivity index (χ1) is 14.0. The fraction of sp³-hybridized carbons (Fsp3) is 0.150. The molecule has 0 saturated heterocycles. The lowest BCUT2D eigenvalue weighted by atomic mass is 10.2. The second kappa shape index (κ2) is 9.36. The second-order valence-corrected chi connectivity index (χ2v) is 5.89. The number of benzene rings is 2. The summed E-state index contributed by atoms with van der Waals surface area (Å²) in [4.78, 5) is 35.4. The molecule has 1 atom stereocenters. The van der Waals surface area contributed by atoms with E-state index in [2.05, 4.69) is 10.9 Å². The molecule has 0 radical (unpaired) electrons. The van der Waals surface area contributed by atoms with Gasteiger partial charge in [0.15, 0.2) is 18.1 Å². The topological polar surface area (TPSA) is 103 Å². The third kappa shape index (κ3) is 5.80. The molecule has 9 heteroatoms. The molecule has 0 aliphatic carbocycles. The number of hydrogen-bond donors (Lipinski definition) is 2. The van der Waals surface area contributed by atoms with Gasteiger partial charge < -0.3 is 14.2 Å². The SMILES string of the molecule is O=C(COC(=O)/C=C/c1ccc(F)cc1)NNC(=O)[C@@H]1COc2ccccc2O1. The number of para-hydroxylation sites is 2. The van der Waals surface area contributed by atoms with Crippen LogP contribution in [0.5, 0.6) is 11.5 Å². The van der Waals surface area contributed by atoms with Crippen molar-refractivity contribution >= 4 is 23.9 Å². The van der Waals surface area contributed by atoms with E-state index in [1.54, 1.807) is 24.3 Å². The highest BCUT2D eigenvalue weighted by Crippen LogP contribution is 2.30. The minimum Gasteiger partial charge on any atom is -0.485 e. The summed E-state index contributed by atoms with van der Waals surface area (Å²) in [6.07, 6.45) is 1.58. The van der Waals surface area contributed by atoms with Gasteiger partial charge >= 0.3 is 5.97 Å². The Labute approximate surface area is 165 Å². The summed E-state index contributed by atoms with van der Waals surface area (Å²) in [5.74, 6) is -1.56. The molecule has 0 spiro atoms. The van der Waals surface area contributed by atoms with Crippen molar-refractivity contribution in [3.8, 4) is 11.5 Å². The van der Waals surface area contributed by atoms with Crippen LogP contribution in [0, 0.1) is 5.82 Å². The number of esters is 1. The van der Waals surface area contributed by atoms with Crippen LogP contribution in [0.1, 0.15) is 5.56 Å². The van der Waals surface area contributed by atoms with E-state index in [9.17, 15) is 18.8 Å². The zero-order valence-corrected chi connectivity index (χ0v) is 15.1. The van der Waals surface area contributed by atoms with Gasteiger partial charge in [0.25, 0.3) is 11.8 Å². The number of fused-ring (bicyclic) bond motifs is 1. The standard InChI is InChI=1S/C20H17FN2O6/c21-14-8-5-13(6-9-14)7-10-19(25)28-12-18(24)22-23-20(26)17-11-27-15-3-1-2-4-16(15)29-17/h1-10,17H,11-12H2,(H,22,24)(H,23,26)/b10-7+/t17-/m0/s1. The molecule has 8 nitrogen and oxygen atoms in total. The number of nitrogens with one attached hydrogen (secondary N) is 2. The molecule has 1 aliphatic rings. The highest BCUT2D eigenvalue weighted by Gasteiger charge is 2.27. The Kier molecular flexibility index (Phi) is 6.41. The van der Waals surface area contributed by atoms with Crippen molar-refractivity contribution in [1.82, 2.24) is 10.9 Å². The van der Waals surface area contributed by atoms with Gasteiger partial charge in [-0.2, -0.15) is 0 Å². The van der Waals surface area contributed by atoms with Crippen LogP contribution >= 0.6 is 0 Å². The summed E-state index contributed by atoms with van der Waals surface area (Å²) in [5, 5.41) is 0. The van der Waals surface area contributed by atoms with Crippen molar-refractivity contribution in [2.24, 2.45) is 0 Å². The highest BCUT2D eigenvalue weighted by atomic mass is 19.1. The van der Waals surface area contributed by atoms with Crippen molar-refractivity contribution in [2.45, 2.75) is 6.10 Å². The lowest BCUT2D eigenvalue weighted by Gasteiger charge is -2.25. The van der Waals surface area contributed by atoms with Crippen molar-refractivity contribution in [3.05, 3.63) is 66.0 Å². The molecule has 0 aromatic heterocycles. The molecule has 0 fully saturated rings. The largest absolute Gasteiger partial charge is 0.485 e. The number of amides is 2. The Morgan fingerprint density at radius 2 is 1.79 bits per heavy atom. The molecule has 2 aromatic carbocycles. The molecule has 3 rings (SSSR count). The second-order valence-electron chi connectivity index (χ2n) is 5.89. The fourth-order valence-electron chi connectivity index (χ4n) is 2.32. The summed E-state index contributed by atoms with van der Waals surface area (Å²) in [7, 11) is 0. The number of halogens is 1. The monoisotopic (exact) mass is 400 g/mol. The summed E-state index contributed by atoms with van der Waals surface area (Å²) >= 11 is 0. The van der Waals surface area contributed by atoms with Crippen LogP contribution in [0.4, 0.5) is 4.39 Å². The van der Waals surface area contributed by atoms with Crippen LogP contribution in [-0.2, 0) is 19.1 Å². The summed E-state index contributed by atoms with van der Waals surface area (Å²) in [5.41, 5.74) is 4.90. The highest BCUT2D eigenvalue weighted by molar-refractivity contribution is 5.90. The minimum absolute atomic E-state index is 0.0120. The van der Waals surface area contributed by atoms with E-state index in [1.165, 1.54) is 30.3 Å². The smallest absolute Gasteiger partial charge is 0.331 e. The third-order valence-corrected chi connectivity index (χ3v) is 3.75. The van der Waals surface area contributed by atoms with Gasteiger partial charge in [0.1, 0.15) is 12.4 Å². The van der Waals surface area contributed by atoms with Crippen LogP contribution in [0.25, 0.3) is 6.08 Å². The average Bonchev–Trinajstić information content (AvgIpc) is 2.75. The Balaban J connectivity index is 1.38. The van der Waals surface area contributed by atoms with E-state index in [-0.39, 0.29) is 6.61 Å². The normalized spacial score (nSPS) is 14.9. The lowest BCUT2D eigenvalue weighted by molar-refractivity contribution is -0.145. The fourth-order valence-corrected chi connectivity index (χ4v) is 2.32. The van der Waals surface area contributed by atoms with Gasteiger partial charge in [-0.3, -0.25) is 20.4 Å². The first kappa shape index (κ1) is 19.9. The first-order valence-corrected chi connectivity index (χ1v) is 8.59. The Morgan fingerprint density at radius 3 is 2.55 bits per heavy atom. The molecule has 150 valence electrons. The van der Waals surface area contributed by atoms with Gasteiger partial charge in [-0.25, -0.2) is 9.18 Å². The predicted octanol–water partition coefficient (Wildman–Crippen LogP) is 1.37. The van der Waals surface area contributed by atoms with Gasteiger partial charge in [0, 0.05) is 6.08 Å². The van der Waals surface area contributed by atoms with Crippen LogP contribution in [0.3, 0.4) is 0 Å². The van der Waals surface area contributed by atoms with Gasteiger partial charge in [-0.15, -0.1) is 0 Å². The quantitative estimate of drug-likeness (QED) is 0.447. The molecule has 29 heavy (non-hydrogen) atoms. The Hall–Kier alpha value is -3.88.